The van der Waals surface area contributed by atoms with Crippen LogP contribution in [-0.2, 0) is 0 Å². The Hall–Kier alpha value is -1.58. The van der Waals surface area contributed by atoms with E-state index in [1.54, 1.807) is 0 Å². The predicted octanol–water partition coefficient (Wildman–Crippen LogP) is 5.50. The number of hydrogen-bond donors (Lipinski definition) is 0. The molecule has 10 heteroatoms. The molecule has 0 unspecified atom stereocenters. The van der Waals surface area contributed by atoms with Crippen molar-refractivity contribution < 1.29 is 23.4 Å². The maximum absolute atomic E-state index is 13.8. The van der Waals surface area contributed by atoms with Gasteiger partial charge in [-0.2, -0.15) is 0 Å². The van der Waals surface area contributed by atoms with Gasteiger partial charge in [0.15, 0.2) is 5.78 Å². The van der Waals surface area contributed by atoms with E-state index < -0.39 is 37.6 Å². The van der Waals surface area contributed by atoms with Crippen LogP contribution in [0.4, 0.5) is 24.5 Å². The zero-order valence-corrected chi connectivity index (χ0v) is 17.5. The normalized spacial score (nSPS) is 20.9. The van der Waals surface area contributed by atoms with Crippen LogP contribution in [0.25, 0.3) is 0 Å². The highest BCUT2D eigenvalue weighted by atomic mass is 79.9. The monoisotopic (exact) mass is 539 g/mol. The molecule has 0 saturated heterocycles. The lowest BCUT2D eigenvalue weighted by atomic mass is 10.0. The summed E-state index contributed by atoms with van der Waals surface area (Å²) in [4.78, 5) is 18.8. The van der Waals surface area contributed by atoms with Gasteiger partial charge in [0.05, 0.1) is 45.0 Å². The van der Waals surface area contributed by atoms with Gasteiger partial charge in [0.25, 0.3) is 6.43 Å². The lowest BCUT2D eigenvalue weighted by molar-refractivity contribution is 0.103. The molecule has 0 fully saturated rings. The molecule has 2 aliphatic rings. The van der Waals surface area contributed by atoms with E-state index in [9.17, 15) is 18.0 Å². The van der Waals surface area contributed by atoms with Gasteiger partial charge in [0, 0.05) is 16.5 Å². The molecule has 0 bridgehead atoms. The maximum Gasteiger partial charge on any atom is 0.256 e. The molecule has 0 N–H and O–H groups in total. The van der Waals surface area contributed by atoms with Crippen LogP contribution in [-0.4, -0.2) is 37.7 Å². The van der Waals surface area contributed by atoms with Gasteiger partial charge in [0.2, 0.25) is 5.96 Å². The molecular formula is C18H11Br2ClF3N3O. The summed E-state index contributed by atoms with van der Waals surface area (Å²) in [5.74, 6) is -1.77. The molecule has 0 amide bonds. The number of aliphatic imine (C=N–C) groups is 1. The topological polar surface area (TPSA) is 35.9 Å². The minimum atomic E-state index is -2.84. The molecule has 0 spiro atoms. The molecule has 2 heterocycles. The minimum absolute atomic E-state index is 0.0155. The van der Waals surface area contributed by atoms with Crippen LogP contribution in [0.3, 0.4) is 0 Å². The molecule has 28 heavy (non-hydrogen) atoms. The Balaban J connectivity index is 1.96. The summed E-state index contributed by atoms with van der Waals surface area (Å²) in [6.45, 7) is -6.37. The SMILES string of the molecule is [2H]C1([2H])N=C2N(CC(F)F)c3cc(Br)c(C(=O)c4cc(F)ccc4Cl)c(Br)c3N2C1([2H])[2H]. The Labute approximate surface area is 185 Å². The standard InChI is InChI=1S/C18H11Br2ClF3N3O/c19-10-6-12-16(26-4-3-25-18(26)27(12)7-13(23)24)15(20)14(10)17(28)9-5-8(22)1-2-11(9)21/h1-2,5-6,13H,3-4,7H2/i3D2,4D2. The number of alkyl halides is 2. The first kappa shape index (κ1) is 15.3. The van der Waals surface area contributed by atoms with Crippen molar-refractivity contribution in [2.24, 2.45) is 4.99 Å². The van der Waals surface area contributed by atoms with Crippen LogP contribution in [0, 0.1) is 5.82 Å². The number of guanidine groups is 1. The van der Waals surface area contributed by atoms with Gasteiger partial charge in [0.1, 0.15) is 5.82 Å². The average Bonchev–Trinajstić information content (AvgIpc) is 3.05. The molecule has 0 saturated carbocycles. The quantitative estimate of drug-likeness (QED) is 0.480. The first-order valence-electron chi connectivity index (χ1n) is 9.75. The van der Waals surface area contributed by atoms with Crippen LogP contribution in [0.2, 0.25) is 5.02 Å². The minimum Gasteiger partial charge on any atom is -0.307 e. The number of carbonyl (C=O) groups is 1. The second-order valence-corrected chi connectivity index (χ2v) is 7.90. The fourth-order valence-corrected chi connectivity index (χ4v) is 4.86. The fraction of sp³-hybridized carbons (Fsp3) is 0.222. The summed E-state index contributed by atoms with van der Waals surface area (Å²) in [7, 11) is 0. The Morgan fingerprint density at radius 3 is 2.82 bits per heavy atom. The highest BCUT2D eigenvalue weighted by Crippen LogP contribution is 2.48. The Morgan fingerprint density at radius 1 is 1.36 bits per heavy atom. The summed E-state index contributed by atoms with van der Waals surface area (Å²) in [5.41, 5.74) is -0.208. The van der Waals surface area contributed by atoms with Crippen LogP contribution in [0.15, 0.2) is 38.2 Å². The van der Waals surface area contributed by atoms with E-state index in [1.807, 2.05) is 0 Å². The van der Waals surface area contributed by atoms with Crippen molar-refractivity contribution in [3.63, 3.8) is 0 Å². The second kappa shape index (κ2) is 7.35. The third-order valence-corrected chi connectivity index (χ3v) is 5.89. The zero-order chi connectivity index (χ0) is 23.7. The first-order chi connectivity index (χ1) is 14.8. The summed E-state index contributed by atoms with van der Waals surface area (Å²) in [6.07, 6.45) is -2.84. The van der Waals surface area contributed by atoms with Crippen LogP contribution in [0.1, 0.15) is 21.4 Å². The zero-order valence-electron chi connectivity index (χ0n) is 17.6. The van der Waals surface area contributed by atoms with Gasteiger partial charge in [-0.15, -0.1) is 0 Å². The molecule has 0 radical (unpaired) electrons. The van der Waals surface area contributed by atoms with Gasteiger partial charge < -0.3 is 9.80 Å². The number of carbonyl (C=O) groups excluding carboxylic acids is 1. The summed E-state index contributed by atoms with van der Waals surface area (Å²) in [5, 5.41) is -0.0230. The average molecular weight is 542 g/mol. The lowest BCUT2D eigenvalue weighted by Gasteiger charge is -2.18. The van der Waals surface area contributed by atoms with E-state index >= 15 is 0 Å². The number of hydrogen-bond acceptors (Lipinski definition) is 4. The van der Waals surface area contributed by atoms with E-state index in [1.165, 1.54) is 12.1 Å². The second-order valence-electron chi connectivity index (χ2n) is 5.84. The highest BCUT2D eigenvalue weighted by molar-refractivity contribution is 9.11. The Kier molecular flexibility index (Phi) is 4.01. The molecule has 2 aliphatic heterocycles. The summed E-state index contributed by atoms with van der Waals surface area (Å²) >= 11 is 12.6. The van der Waals surface area contributed by atoms with Crippen molar-refractivity contribution in [3.8, 4) is 0 Å². The number of ketones is 1. The molecule has 2 aromatic rings. The molecule has 4 nitrogen and oxygen atoms in total. The van der Waals surface area contributed by atoms with E-state index in [0.717, 1.165) is 21.9 Å². The van der Waals surface area contributed by atoms with E-state index in [2.05, 4.69) is 36.9 Å². The summed E-state index contributed by atoms with van der Waals surface area (Å²) < 4.78 is 72.9. The third-order valence-electron chi connectivity index (χ3n) is 4.17. The Bertz CT molecular complexity index is 1200. The Morgan fingerprint density at radius 2 is 2.11 bits per heavy atom. The molecule has 146 valence electrons. The molecule has 0 atom stereocenters. The van der Waals surface area contributed by atoms with E-state index in [0.29, 0.717) is 0 Å². The van der Waals surface area contributed by atoms with Gasteiger partial charge >= 0.3 is 0 Å². The molecule has 0 aromatic heterocycles. The number of fused-ring (bicyclic) bond motifs is 3. The number of benzene rings is 2. The first-order valence-corrected chi connectivity index (χ1v) is 9.72. The van der Waals surface area contributed by atoms with Crippen molar-refractivity contribution in [3.05, 3.63) is 55.2 Å². The number of anilines is 2. The molecule has 0 aliphatic carbocycles. The van der Waals surface area contributed by atoms with E-state index in [-0.39, 0.29) is 42.4 Å². The van der Waals surface area contributed by atoms with E-state index in [4.69, 9.17) is 17.1 Å². The maximum atomic E-state index is 13.8. The van der Waals surface area contributed by atoms with Crippen molar-refractivity contribution in [1.29, 1.82) is 0 Å². The summed E-state index contributed by atoms with van der Waals surface area (Å²) in [6, 6.07) is 4.57. The van der Waals surface area contributed by atoms with Crippen molar-refractivity contribution in [2.45, 2.75) is 6.43 Å². The largest absolute Gasteiger partial charge is 0.307 e. The smallest absolute Gasteiger partial charge is 0.256 e. The number of nitrogens with zero attached hydrogens (tertiary/aromatic N) is 3. The van der Waals surface area contributed by atoms with Gasteiger partial charge in [-0.05, 0) is 56.1 Å². The fourth-order valence-electron chi connectivity index (χ4n) is 3.02. The van der Waals surface area contributed by atoms with Gasteiger partial charge in [-0.1, -0.05) is 11.6 Å². The van der Waals surface area contributed by atoms with Crippen LogP contribution >= 0.6 is 43.5 Å². The van der Waals surface area contributed by atoms with Gasteiger partial charge in [-0.3, -0.25) is 9.79 Å². The number of halogens is 6. The molecule has 2 aromatic carbocycles. The van der Waals surface area contributed by atoms with Gasteiger partial charge in [-0.25, -0.2) is 13.2 Å². The third kappa shape index (κ3) is 3.13. The van der Waals surface area contributed by atoms with Crippen LogP contribution < -0.4 is 9.80 Å². The van der Waals surface area contributed by atoms with Crippen molar-refractivity contribution in [2.75, 3.05) is 29.3 Å². The predicted molar refractivity (Wildman–Crippen MR) is 110 cm³/mol. The van der Waals surface area contributed by atoms with Crippen molar-refractivity contribution in [1.82, 2.24) is 0 Å². The number of rotatable bonds is 4. The lowest BCUT2D eigenvalue weighted by Crippen LogP contribution is -2.38. The molecular weight excluding hydrogens is 526 g/mol. The van der Waals surface area contributed by atoms with Crippen LogP contribution in [0.5, 0.6) is 0 Å². The van der Waals surface area contributed by atoms with Crippen molar-refractivity contribution >= 4 is 66.6 Å². The molecule has 4 rings (SSSR count). The highest BCUT2D eigenvalue weighted by Gasteiger charge is 2.40.